The molecule has 0 atom stereocenters. The number of aromatic nitrogens is 2. The molecule has 1 aliphatic carbocycles. The Morgan fingerprint density at radius 1 is 1.05 bits per heavy atom. The van der Waals surface area contributed by atoms with Gasteiger partial charge in [-0.15, -0.1) is 0 Å². The first-order valence-corrected chi connectivity index (χ1v) is 15.3. The zero-order chi connectivity index (χ0) is 29.1. The average molecular weight is 560 g/mol. The molecule has 1 aromatic heterocycles. The molecule has 3 aromatic rings. The minimum atomic E-state index is -0.101. The van der Waals surface area contributed by atoms with Gasteiger partial charge in [-0.25, -0.2) is 0 Å². The SMILES string of the molecule is CC.Cc1cccc2cc(O)cc(C(=O)N3Cc4nc(OCC5(CN(C)C)CC5)nc(N5CCCCCC5)c4C3)c12. The third-order valence-corrected chi connectivity index (χ3v) is 8.45. The first kappa shape index (κ1) is 29.1. The highest BCUT2D eigenvalue weighted by Crippen LogP contribution is 2.46. The number of anilines is 1. The van der Waals surface area contributed by atoms with Crippen molar-refractivity contribution in [1.82, 2.24) is 19.8 Å². The Morgan fingerprint density at radius 2 is 1.78 bits per heavy atom. The largest absolute Gasteiger partial charge is 0.508 e. The number of hydrogen-bond donors (Lipinski definition) is 1. The first-order chi connectivity index (χ1) is 19.8. The van der Waals surface area contributed by atoms with E-state index in [1.54, 1.807) is 12.1 Å². The van der Waals surface area contributed by atoms with Gasteiger partial charge in [-0.1, -0.05) is 44.9 Å². The van der Waals surface area contributed by atoms with Crippen molar-refractivity contribution in [3.8, 4) is 11.8 Å². The van der Waals surface area contributed by atoms with Gasteiger partial charge in [-0.3, -0.25) is 4.79 Å². The first-order valence-electron chi connectivity index (χ1n) is 15.3. The number of fused-ring (bicyclic) bond motifs is 2. The highest BCUT2D eigenvalue weighted by molar-refractivity contribution is 6.09. The molecule has 1 amide bonds. The number of nitrogens with zero attached hydrogens (tertiary/aromatic N) is 5. The Morgan fingerprint density at radius 3 is 2.46 bits per heavy atom. The van der Waals surface area contributed by atoms with Gasteiger partial charge in [0.2, 0.25) is 0 Å². The fraction of sp³-hybridized carbons (Fsp3) is 0.545. The fourth-order valence-electron chi connectivity index (χ4n) is 6.32. The van der Waals surface area contributed by atoms with Crippen molar-refractivity contribution in [2.45, 2.75) is 72.4 Å². The summed E-state index contributed by atoms with van der Waals surface area (Å²) >= 11 is 0. The summed E-state index contributed by atoms with van der Waals surface area (Å²) in [7, 11) is 4.21. The van der Waals surface area contributed by atoms with Gasteiger partial charge in [0.25, 0.3) is 5.91 Å². The molecule has 8 heteroatoms. The van der Waals surface area contributed by atoms with Crippen LogP contribution in [0.15, 0.2) is 30.3 Å². The van der Waals surface area contributed by atoms with Crippen molar-refractivity contribution < 1.29 is 14.6 Å². The van der Waals surface area contributed by atoms with E-state index < -0.39 is 0 Å². The number of phenolic OH excluding ortho intramolecular Hbond substituents is 1. The molecule has 6 rings (SSSR count). The van der Waals surface area contributed by atoms with Crippen molar-refractivity contribution in [2.75, 3.05) is 45.2 Å². The van der Waals surface area contributed by atoms with Gasteiger partial charge in [0.05, 0.1) is 31.0 Å². The van der Waals surface area contributed by atoms with Crippen LogP contribution in [-0.2, 0) is 13.1 Å². The Kier molecular flexibility index (Phi) is 8.68. The molecule has 2 fully saturated rings. The van der Waals surface area contributed by atoms with Gasteiger partial charge in [0.1, 0.15) is 11.6 Å². The van der Waals surface area contributed by atoms with Crippen molar-refractivity contribution in [3.05, 3.63) is 52.7 Å². The second-order valence-corrected chi connectivity index (χ2v) is 12.0. The predicted octanol–water partition coefficient (Wildman–Crippen LogP) is 5.93. The molecule has 2 aliphatic heterocycles. The van der Waals surface area contributed by atoms with E-state index in [0.29, 0.717) is 31.3 Å². The number of benzene rings is 2. The van der Waals surface area contributed by atoms with Crippen molar-refractivity contribution >= 4 is 22.5 Å². The Labute approximate surface area is 244 Å². The van der Waals surface area contributed by atoms with E-state index >= 15 is 0 Å². The van der Waals surface area contributed by atoms with Gasteiger partial charge >= 0.3 is 6.01 Å². The van der Waals surface area contributed by atoms with Crippen molar-refractivity contribution in [2.24, 2.45) is 5.41 Å². The van der Waals surface area contributed by atoms with E-state index in [4.69, 9.17) is 14.7 Å². The lowest BCUT2D eigenvalue weighted by molar-refractivity contribution is 0.0752. The number of carbonyl (C=O) groups is 1. The quantitative estimate of drug-likeness (QED) is 0.384. The second kappa shape index (κ2) is 12.2. The van der Waals surface area contributed by atoms with E-state index in [1.165, 1.54) is 12.8 Å². The summed E-state index contributed by atoms with van der Waals surface area (Å²) in [6, 6.07) is 9.62. The van der Waals surface area contributed by atoms with Crippen molar-refractivity contribution in [1.29, 1.82) is 0 Å². The number of rotatable bonds is 7. The van der Waals surface area contributed by atoms with E-state index in [9.17, 15) is 9.90 Å². The van der Waals surface area contributed by atoms with Gasteiger partial charge in [-0.05, 0) is 75.2 Å². The smallest absolute Gasteiger partial charge is 0.318 e. The summed E-state index contributed by atoms with van der Waals surface area (Å²) in [5.41, 5.74) is 3.61. The fourth-order valence-corrected chi connectivity index (χ4v) is 6.32. The number of ether oxygens (including phenoxy) is 1. The lowest BCUT2D eigenvalue weighted by Crippen LogP contribution is -2.29. The van der Waals surface area contributed by atoms with Crippen LogP contribution < -0.4 is 9.64 Å². The van der Waals surface area contributed by atoms with E-state index in [2.05, 4.69) is 23.9 Å². The van der Waals surface area contributed by atoms with Crippen LogP contribution in [0.25, 0.3) is 10.8 Å². The molecule has 3 heterocycles. The minimum Gasteiger partial charge on any atom is -0.508 e. The van der Waals surface area contributed by atoms with Crippen LogP contribution in [0, 0.1) is 12.3 Å². The molecule has 0 unspecified atom stereocenters. The van der Waals surface area contributed by atoms with Crippen molar-refractivity contribution in [3.63, 3.8) is 0 Å². The second-order valence-electron chi connectivity index (χ2n) is 12.0. The lowest BCUT2D eigenvalue weighted by Gasteiger charge is -2.25. The Hall–Kier alpha value is -3.39. The summed E-state index contributed by atoms with van der Waals surface area (Å²) in [5, 5.41) is 12.2. The monoisotopic (exact) mass is 559 g/mol. The molecular formula is C33H45N5O3. The number of aromatic hydroxyl groups is 1. The zero-order valence-corrected chi connectivity index (χ0v) is 25.4. The number of hydrogen-bond acceptors (Lipinski definition) is 7. The maximum absolute atomic E-state index is 13.9. The number of phenols is 1. The standard InChI is InChI=1S/C31H39N5O3.C2H6/c1-21-9-8-10-22-15-23(37)16-24(27(21)22)29(38)36-17-25-26(18-36)32-30(39-20-31(11-12-31)19-34(2)3)33-28(25)35-13-6-4-5-7-14-35;1-2/h8-10,15-16,37H,4-7,11-14,17-20H2,1-3H3;1-2H3. The summed E-state index contributed by atoms with van der Waals surface area (Å²) in [6.07, 6.45) is 7.06. The average Bonchev–Trinajstić information content (AvgIpc) is 3.66. The molecule has 1 N–H and O–H groups in total. The lowest BCUT2D eigenvalue weighted by atomic mass is 9.98. The molecular weight excluding hydrogens is 514 g/mol. The minimum absolute atomic E-state index is 0.0978. The highest BCUT2D eigenvalue weighted by atomic mass is 16.5. The maximum Gasteiger partial charge on any atom is 0.318 e. The summed E-state index contributed by atoms with van der Waals surface area (Å²) in [4.78, 5) is 30.2. The highest BCUT2D eigenvalue weighted by Gasteiger charge is 2.44. The number of amides is 1. The van der Waals surface area contributed by atoms with E-state index in [0.717, 1.165) is 78.7 Å². The van der Waals surface area contributed by atoms with Crippen LogP contribution in [0.1, 0.15) is 79.6 Å². The molecule has 8 nitrogen and oxygen atoms in total. The van der Waals surface area contributed by atoms with Crippen LogP contribution >= 0.6 is 0 Å². The number of carbonyl (C=O) groups excluding carboxylic acids is 1. The topological polar surface area (TPSA) is 82.0 Å². The molecule has 1 saturated carbocycles. The third kappa shape index (κ3) is 6.27. The Balaban J connectivity index is 0.00000165. The Bertz CT molecular complexity index is 1390. The zero-order valence-electron chi connectivity index (χ0n) is 25.4. The predicted molar refractivity (Wildman–Crippen MR) is 164 cm³/mol. The molecule has 3 aliphatic rings. The molecule has 0 radical (unpaired) electrons. The van der Waals surface area contributed by atoms with Gasteiger partial charge < -0.3 is 24.5 Å². The van der Waals surface area contributed by atoms with E-state index in [1.807, 2.05) is 43.9 Å². The van der Waals surface area contributed by atoms with Gasteiger partial charge in [0, 0.05) is 30.6 Å². The van der Waals surface area contributed by atoms with Gasteiger partial charge in [-0.2, -0.15) is 9.97 Å². The summed E-state index contributed by atoms with van der Waals surface area (Å²) in [6.45, 7) is 10.4. The summed E-state index contributed by atoms with van der Waals surface area (Å²) in [5.74, 6) is 0.914. The molecule has 220 valence electrons. The normalized spacial score (nSPS) is 17.6. The van der Waals surface area contributed by atoms with Crippen LogP contribution in [0.5, 0.6) is 11.8 Å². The molecule has 0 bridgehead atoms. The molecule has 1 saturated heterocycles. The third-order valence-electron chi connectivity index (χ3n) is 8.45. The number of aryl methyl sites for hydroxylation is 1. The van der Waals surface area contributed by atoms with E-state index in [-0.39, 0.29) is 17.1 Å². The van der Waals surface area contributed by atoms with Crippen LogP contribution in [0.4, 0.5) is 5.82 Å². The summed E-state index contributed by atoms with van der Waals surface area (Å²) < 4.78 is 6.28. The van der Waals surface area contributed by atoms with Crippen LogP contribution in [0.3, 0.4) is 0 Å². The molecule has 41 heavy (non-hydrogen) atoms. The maximum atomic E-state index is 13.9. The van der Waals surface area contributed by atoms with Crippen LogP contribution in [-0.4, -0.2) is 71.1 Å². The molecule has 2 aromatic carbocycles. The van der Waals surface area contributed by atoms with Gasteiger partial charge in [0.15, 0.2) is 0 Å². The molecule has 0 spiro atoms. The van der Waals surface area contributed by atoms with Crippen LogP contribution in [0.2, 0.25) is 0 Å².